The largest absolute Gasteiger partial charge is 0.381 e. The summed E-state index contributed by atoms with van der Waals surface area (Å²) in [6, 6.07) is 0. The minimum absolute atomic E-state index is 0.276. The third kappa shape index (κ3) is 2.94. The van der Waals surface area contributed by atoms with E-state index in [-0.39, 0.29) is 6.23 Å². The van der Waals surface area contributed by atoms with Crippen LogP contribution in [0, 0.1) is 11.8 Å². The molecule has 3 nitrogen and oxygen atoms in total. The zero-order valence-electron chi connectivity index (χ0n) is 9.00. The molecule has 0 saturated carbocycles. The van der Waals surface area contributed by atoms with Gasteiger partial charge in [-0.1, -0.05) is 6.92 Å². The highest BCUT2D eigenvalue weighted by Crippen LogP contribution is 2.20. The highest BCUT2D eigenvalue weighted by atomic mass is 16.5. The number of hydrogen-bond acceptors (Lipinski definition) is 3. The standard InChI is InChI=1S/C11H21NO2/c1-9-6-12-11(14-7-9)5-10-3-2-4-13-8-10/h9-12H,2-8H2,1H3. The first-order valence-electron chi connectivity index (χ1n) is 5.77. The van der Waals surface area contributed by atoms with Crippen LogP contribution in [0.4, 0.5) is 0 Å². The summed E-state index contributed by atoms with van der Waals surface area (Å²) < 4.78 is 11.2. The molecule has 2 fully saturated rings. The van der Waals surface area contributed by atoms with Gasteiger partial charge >= 0.3 is 0 Å². The molecule has 0 aliphatic carbocycles. The number of nitrogens with one attached hydrogen (secondary N) is 1. The van der Waals surface area contributed by atoms with Crippen molar-refractivity contribution in [1.29, 1.82) is 0 Å². The van der Waals surface area contributed by atoms with Gasteiger partial charge in [-0.15, -0.1) is 0 Å². The van der Waals surface area contributed by atoms with E-state index >= 15 is 0 Å². The summed E-state index contributed by atoms with van der Waals surface area (Å²) in [5.74, 6) is 1.36. The normalized spacial score (nSPS) is 39.6. The smallest absolute Gasteiger partial charge is 0.108 e. The summed E-state index contributed by atoms with van der Waals surface area (Å²) in [4.78, 5) is 0. The van der Waals surface area contributed by atoms with Gasteiger partial charge in [0.15, 0.2) is 0 Å². The number of hydrogen-bond donors (Lipinski definition) is 1. The molecule has 0 amide bonds. The van der Waals surface area contributed by atoms with Crippen LogP contribution < -0.4 is 5.32 Å². The molecule has 2 saturated heterocycles. The molecule has 0 bridgehead atoms. The van der Waals surface area contributed by atoms with Crippen molar-refractivity contribution in [3.8, 4) is 0 Å². The van der Waals surface area contributed by atoms with Crippen LogP contribution in [-0.4, -0.2) is 32.6 Å². The predicted molar refractivity (Wildman–Crippen MR) is 55.1 cm³/mol. The molecule has 2 heterocycles. The van der Waals surface area contributed by atoms with Crippen molar-refractivity contribution in [3.05, 3.63) is 0 Å². The molecule has 3 atom stereocenters. The summed E-state index contributed by atoms with van der Waals surface area (Å²) in [6.45, 7) is 6.10. The van der Waals surface area contributed by atoms with Gasteiger partial charge in [0, 0.05) is 19.8 Å². The van der Waals surface area contributed by atoms with E-state index in [0.29, 0.717) is 11.8 Å². The van der Waals surface area contributed by atoms with Crippen LogP contribution in [-0.2, 0) is 9.47 Å². The Morgan fingerprint density at radius 2 is 2.29 bits per heavy atom. The van der Waals surface area contributed by atoms with Crippen molar-refractivity contribution in [2.45, 2.75) is 32.4 Å². The van der Waals surface area contributed by atoms with E-state index in [9.17, 15) is 0 Å². The molecule has 3 unspecified atom stereocenters. The van der Waals surface area contributed by atoms with Crippen molar-refractivity contribution in [1.82, 2.24) is 5.32 Å². The molecular formula is C11H21NO2. The lowest BCUT2D eigenvalue weighted by molar-refractivity contribution is -0.0509. The van der Waals surface area contributed by atoms with Crippen LogP contribution in [0.2, 0.25) is 0 Å². The Morgan fingerprint density at radius 1 is 1.36 bits per heavy atom. The molecule has 2 rings (SSSR count). The van der Waals surface area contributed by atoms with Gasteiger partial charge in [0.2, 0.25) is 0 Å². The van der Waals surface area contributed by atoms with E-state index in [4.69, 9.17) is 9.47 Å². The van der Waals surface area contributed by atoms with E-state index in [1.807, 2.05) is 0 Å². The second-order valence-corrected chi connectivity index (χ2v) is 4.65. The highest BCUT2D eigenvalue weighted by molar-refractivity contribution is 4.72. The van der Waals surface area contributed by atoms with Crippen molar-refractivity contribution in [3.63, 3.8) is 0 Å². The fraction of sp³-hybridized carbons (Fsp3) is 1.00. The summed E-state index contributed by atoms with van der Waals surface area (Å²) in [6.07, 6.45) is 3.91. The minimum Gasteiger partial charge on any atom is -0.381 e. The molecule has 0 radical (unpaired) electrons. The monoisotopic (exact) mass is 199 g/mol. The van der Waals surface area contributed by atoms with E-state index in [0.717, 1.165) is 32.8 Å². The average Bonchev–Trinajstić information content (AvgIpc) is 2.23. The van der Waals surface area contributed by atoms with Crippen LogP contribution in [0.1, 0.15) is 26.2 Å². The summed E-state index contributed by atoms with van der Waals surface area (Å²) in [5.41, 5.74) is 0. The highest BCUT2D eigenvalue weighted by Gasteiger charge is 2.23. The average molecular weight is 199 g/mol. The Hall–Kier alpha value is -0.120. The van der Waals surface area contributed by atoms with E-state index in [2.05, 4.69) is 12.2 Å². The van der Waals surface area contributed by atoms with E-state index in [1.165, 1.54) is 12.8 Å². The van der Waals surface area contributed by atoms with Crippen LogP contribution >= 0.6 is 0 Å². The quantitative estimate of drug-likeness (QED) is 0.729. The zero-order valence-corrected chi connectivity index (χ0v) is 9.00. The van der Waals surface area contributed by atoms with E-state index in [1.54, 1.807) is 0 Å². The van der Waals surface area contributed by atoms with Crippen LogP contribution in [0.3, 0.4) is 0 Å². The summed E-state index contributed by atoms with van der Waals surface area (Å²) in [7, 11) is 0. The van der Waals surface area contributed by atoms with Crippen LogP contribution in [0.25, 0.3) is 0 Å². The van der Waals surface area contributed by atoms with Gasteiger partial charge in [-0.2, -0.15) is 0 Å². The maximum absolute atomic E-state index is 5.73. The van der Waals surface area contributed by atoms with Gasteiger partial charge in [0.25, 0.3) is 0 Å². The summed E-state index contributed by atoms with van der Waals surface area (Å²) in [5, 5.41) is 3.44. The second-order valence-electron chi connectivity index (χ2n) is 4.65. The van der Waals surface area contributed by atoms with Crippen LogP contribution in [0.15, 0.2) is 0 Å². The fourth-order valence-electron chi connectivity index (χ4n) is 2.18. The topological polar surface area (TPSA) is 30.5 Å². The number of ether oxygens (including phenoxy) is 2. The maximum atomic E-state index is 5.73. The van der Waals surface area contributed by atoms with Gasteiger partial charge < -0.3 is 9.47 Å². The second kappa shape index (κ2) is 5.10. The molecule has 2 aliphatic rings. The lowest BCUT2D eigenvalue weighted by Crippen LogP contribution is -2.44. The molecule has 2 aliphatic heterocycles. The molecule has 3 heteroatoms. The Morgan fingerprint density at radius 3 is 2.93 bits per heavy atom. The van der Waals surface area contributed by atoms with Crippen LogP contribution in [0.5, 0.6) is 0 Å². The molecule has 1 N–H and O–H groups in total. The maximum Gasteiger partial charge on any atom is 0.108 e. The van der Waals surface area contributed by atoms with Gasteiger partial charge in [-0.05, 0) is 31.1 Å². The Labute approximate surface area is 86.2 Å². The Kier molecular flexibility index (Phi) is 3.79. The summed E-state index contributed by atoms with van der Waals surface area (Å²) >= 11 is 0. The van der Waals surface area contributed by atoms with Crippen molar-refractivity contribution in [2.24, 2.45) is 11.8 Å². The first-order chi connectivity index (χ1) is 6.84. The lowest BCUT2D eigenvalue weighted by Gasteiger charge is -2.32. The van der Waals surface area contributed by atoms with Gasteiger partial charge in [0.1, 0.15) is 6.23 Å². The molecule has 0 aromatic carbocycles. The van der Waals surface area contributed by atoms with Crippen molar-refractivity contribution < 1.29 is 9.47 Å². The third-order valence-electron chi connectivity index (χ3n) is 3.08. The fourth-order valence-corrected chi connectivity index (χ4v) is 2.18. The van der Waals surface area contributed by atoms with Crippen molar-refractivity contribution in [2.75, 3.05) is 26.4 Å². The van der Waals surface area contributed by atoms with Gasteiger partial charge in [0.05, 0.1) is 6.61 Å². The first-order valence-corrected chi connectivity index (χ1v) is 5.77. The minimum atomic E-state index is 0.276. The molecule has 0 aromatic heterocycles. The molecule has 82 valence electrons. The van der Waals surface area contributed by atoms with Crippen molar-refractivity contribution >= 4 is 0 Å². The first kappa shape index (κ1) is 10.4. The third-order valence-corrected chi connectivity index (χ3v) is 3.08. The molecule has 14 heavy (non-hydrogen) atoms. The molecule has 0 spiro atoms. The van der Waals surface area contributed by atoms with E-state index < -0.39 is 0 Å². The van der Waals surface area contributed by atoms with Gasteiger partial charge in [-0.3, -0.25) is 5.32 Å². The molecular weight excluding hydrogens is 178 g/mol. The number of rotatable bonds is 2. The Balaban J connectivity index is 1.68. The molecule has 0 aromatic rings. The van der Waals surface area contributed by atoms with Gasteiger partial charge in [-0.25, -0.2) is 0 Å². The predicted octanol–water partition coefficient (Wildman–Crippen LogP) is 1.39. The Bertz CT molecular complexity index is 161. The SMILES string of the molecule is CC1CNC(CC2CCCOC2)OC1. The zero-order chi connectivity index (χ0) is 9.80. The lowest BCUT2D eigenvalue weighted by atomic mass is 9.97.